The van der Waals surface area contributed by atoms with E-state index >= 15 is 0 Å². The molecule has 0 fully saturated rings. The number of aromatic hydroxyl groups is 2. The van der Waals surface area contributed by atoms with Crippen LogP contribution in [0.15, 0.2) is 36.4 Å². The summed E-state index contributed by atoms with van der Waals surface area (Å²) in [6.45, 7) is 5.55. The maximum Gasteiger partial charge on any atom is 0.153 e. The summed E-state index contributed by atoms with van der Waals surface area (Å²) in [7, 11) is 1.50. The van der Waals surface area contributed by atoms with Crippen LogP contribution in [-0.2, 0) is 0 Å². The average molecular weight is 390 g/mol. The Hall–Kier alpha value is -3.60. The van der Waals surface area contributed by atoms with Crippen molar-refractivity contribution < 1.29 is 24.5 Å². The quantitative estimate of drug-likeness (QED) is 0.600. The first-order valence-corrected chi connectivity index (χ1v) is 9.07. The zero-order chi connectivity index (χ0) is 21.3. The number of carbonyl (C=O) groups excluding carboxylic acids is 2. The van der Waals surface area contributed by atoms with Crippen molar-refractivity contribution in [2.24, 2.45) is 0 Å². The highest BCUT2D eigenvalue weighted by molar-refractivity contribution is 5.93. The predicted molar refractivity (Wildman–Crippen MR) is 112 cm³/mol. The Morgan fingerprint density at radius 1 is 0.655 bits per heavy atom. The van der Waals surface area contributed by atoms with Crippen molar-refractivity contribution in [1.82, 2.24) is 0 Å². The summed E-state index contributed by atoms with van der Waals surface area (Å²) < 4.78 is 5.68. The van der Waals surface area contributed by atoms with Crippen LogP contribution in [0.25, 0.3) is 22.3 Å². The Morgan fingerprint density at radius 3 is 1.34 bits per heavy atom. The molecule has 5 heteroatoms. The van der Waals surface area contributed by atoms with Crippen LogP contribution in [-0.4, -0.2) is 29.9 Å². The molecule has 0 bridgehead atoms. The molecule has 3 aromatic rings. The third kappa shape index (κ3) is 3.59. The molecule has 0 aliphatic heterocycles. The fourth-order valence-electron chi connectivity index (χ4n) is 3.60. The molecule has 0 amide bonds. The van der Waals surface area contributed by atoms with Gasteiger partial charge in [-0.2, -0.15) is 0 Å². The smallest absolute Gasteiger partial charge is 0.153 e. The molecule has 0 radical (unpaired) electrons. The van der Waals surface area contributed by atoms with Crippen LogP contribution in [0.2, 0.25) is 0 Å². The van der Waals surface area contributed by atoms with E-state index in [1.807, 2.05) is 32.9 Å². The minimum atomic E-state index is -0.137. The van der Waals surface area contributed by atoms with E-state index in [2.05, 4.69) is 0 Å². The average Bonchev–Trinajstić information content (AvgIpc) is 2.70. The molecule has 0 heterocycles. The van der Waals surface area contributed by atoms with Gasteiger partial charge in [0.15, 0.2) is 12.6 Å². The molecule has 0 saturated heterocycles. The lowest BCUT2D eigenvalue weighted by Gasteiger charge is -2.19. The van der Waals surface area contributed by atoms with Gasteiger partial charge in [-0.25, -0.2) is 0 Å². The second-order valence-corrected chi connectivity index (χ2v) is 7.13. The highest BCUT2D eigenvalue weighted by atomic mass is 16.5. The van der Waals surface area contributed by atoms with Crippen molar-refractivity contribution in [3.8, 4) is 39.5 Å². The molecule has 0 aromatic heterocycles. The molecule has 0 aliphatic rings. The van der Waals surface area contributed by atoms with Crippen LogP contribution < -0.4 is 4.74 Å². The van der Waals surface area contributed by atoms with Crippen molar-refractivity contribution in [3.05, 3.63) is 64.2 Å². The number of phenols is 2. The second kappa shape index (κ2) is 7.80. The van der Waals surface area contributed by atoms with Crippen LogP contribution in [0.4, 0.5) is 0 Å². The van der Waals surface area contributed by atoms with Gasteiger partial charge >= 0.3 is 0 Å². The van der Waals surface area contributed by atoms with Crippen molar-refractivity contribution in [3.63, 3.8) is 0 Å². The van der Waals surface area contributed by atoms with Crippen LogP contribution >= 0.6 is 0 Å². The maximum absolute atomic E-state index is 11.4. The molecule has 29 heavy (non-hydrogen) atoms. The van der Waals surface area contributed by atoms with E-state index in [0.29, 0.717) is 40.6 Å². The number of hydrogen-bond donors (Lipinski definition) is 2. The first-order chi connectivity index (χ1) is 13.8. The van der Waals surface area contributed by atoms with Crippen LogP contribution in [0.3, 0.4) is 0 Å². The molecule has 5 nitrogen and oxygen atoms in total. The molecular weight excluding hydrogens is 368 g/mol. The summed E-state index contributed by atoms with van der Waals surface area (Å²) in [5.74, 6) is 0.149. The largest absolute Gasteiger partial charge is 0.507 e. The molecule has 0 spiro atoms. The molecule has 0 atom stereocenters. The fourth-order valence-corrected chi connectivity index (χ4v) is 3.60. The minimum Gasteiger partial charge on any atom is -0.507 e. The van der Waals surface area contributed by atoms with Crippen LogP contribution in [0.1, 0.15) is 37.4 Å². The topological polar surface area (TPSA) is 83.8 Å². The molecule has 0 unspecified atom stereocenters. The number of aldehydes is 2. The fraction of sp³-hybridized carbons (Fsp3) is 0.167. The molecule has 148 valence electrons. The van der Waals surface area contributed by atoms with Gasteiger partial charge in [0, 0.05) is 22.3 Å². The zero-order valence-electron chi connectivity index (χ0n) is 16.7. The summed E-state index contributed by atoms with van der Waals surface area (Å²) in [5, 5.41) is 21.3. The first-order valence-electron chi connectivity index (χ1n) is 9.07. The zero-order valence-corrected chi connectivity index (χ0v) is 16.7. The number of aryl methyl sites for hydroxylation is 3. The Balaban J connectivity index is 2.40. The first kappa shape index (κ1) is 20.1. The summed E-state index contributed by atoms with van der Waals surface area (Å²) in [4.78, 5) is 22.7. The summed E-state index contributed by atoms with van der Waals surface area (Å²) in [5.41, 5.74) is 4.93. The van der Waals surface area contributed by atoms with Crippen molar-refractivity contribution in [2.75, 3.05) is 7.11 Å². The lowest BCUT2D eigenvalue weighted by Crippen LogP contribution is -1.97. The standard InChI is InChI=1S/C24H22O5/c1-13-5-16(11-25)22(27)18(7-13)20-9-15(3)10-21(24(20)29-4)19-8-14(2)6-17(12-26)23(19)28/h5-12,27-28H,1-4H3. The Labute approximate surface area is 169 Å². The number of phenolic OH excluding ortho intramolecular Hbond substituents is 2. The van der Waals surface area contributed by atoms with Crippen molar-refractivity contribution >= 4 is 12.6 Å². The Kier molecular flexibility index (Phi) is 5.41. The number of carbonyl (C=O) groups is 2. The summed E-state index contributed by atoms with van der Waals surface area (Å²) >= 11 is 0. The van der Waals surface area contributed by atoms with Gasteiger partial charge < -0.3 is 14.9 Å². The lowest BCUT2D eigenvalue weighted by atomic mass is 9.91. The van der Waals surface area contributed by atoms with Crippen LogP contribution in [0, 0.1) is 20.8 Å². The minimum absolute atomic E-state index is 0.137. The third-order valence-corrected chi connectivity index (χ3v) is 4.84. The molecule has 0 aliphatic carbocycles. The predicted octanol–water partition coefficient (Wildman–Crippen LogP) is 4.99. The third-order valence-electron chi connectivity index (χ3n) is 4.84. The SMILES string of the molecule is COc1c(-c2cc(C)cc(C=O)c2O)cc(C)cc1-c1cc(C)cc(C=O)c1O. The van der Waals surface area contributed by atoms with E-state index in [0.717, 1.165) is 16.7 Å². The van der Waals surface area contributed by atoms with E-state index in [1.54, 1.807) is 24.3 Å². The Morgan fingerprint density at radius 2 is 1.00 bits per heavy atom. The number of hydrogen-bond acceptors (Lipinski definition) is 5. The van der Waals surface area contributed by atoms with Crippen molar-refractivity contribution in [1.29, 1.82) is 0 Å². The number of benzene rings is 3. The summed E-state index contributed by atoms with van der Waals surface area (Å²) in [6.07, 6.45) is 1.22. The van der Waals surface area contributed by atoms with Crippen molar-refractivity contribution in [2.45, 2.75) is 20.8 Å². The maximum atomic E-state index is 11.4. The van der Waals surface area contributed by atoms with Gasteiger partial charge in [-0.1, -0.05) is 0 Å². The van der Waals surface area contributed by atoms with Gasteiger partial charge in [0.2, 0.25) is 0 Å². The lowest BCUT2D eigenvalue weighted by molar-refractivity contribution is 0.111. The monoisotopic (exact) mass is 390 g/mol. The Bertz CT molecular complexity index is 1040. The van der Waals surface area contributed by atoms with Gasteiger partial charge in [0.25, 0.3) is 0 Å². The second-order valence-electron chi connectivity index (χ2n) is 7.13. The number of ether oxygens (including phenoxy) is 1. The van der Waals surface area contributed by atoms with Gasteiger partial charge in [0.1, 0.15) is 17.2 Å². The molecule has 3 aromatic carbocycles. The van der Waals surface area contributed by atoms with E-state index in [-0.39, 0.29) is 22.6 Å². The van der Waals surface area contributed by atoms with Crippen LogP contribution in [0.5, 0.6) is 17.2 Å². The number of methoxy groups -OCH3 is 1. The normalized spacial score (nSPS) is 10.6. The molecular formula is C24H22O5. The van der Waals surface area contributed by atoms with E-state index in [4.69, 9.17) is 4.74 Å². The molecule has 3 rings (SSSR count). The highest BCUT2D eigenvalue weighted by Gasteiger charge is 2.21. The van der Waals surface area contributed by atoms with Gasteiger partial charge in [0.05, 0.1) is 18.2 Å². The van der Waals surface area contributed by atoms with Gasteiger partial charge in [-0.3, -0.25) is 9.59 Å². The van der Waals surface area contributed by atoms with E-state index in [1.165, 1.54) is 7.11 Å². The van der Waals surface area contributed by atoms with Gasteiger partial charge in [-0.05, 0) is 73.9 Å². The molecule has 0 saturated carbocycles. The van der Waals surface area contributed by atoms with E-state index < -0.39 is 0 Å². The van der Waals surface area contributed by atoms with Gasteiger partial charge in [-0.15, -0.1) is 0 Å². The number of rotatable bonds is 5. The van der Waals surface area contributed by atoms with E-state index in [9.17, 15) is 19.8 Å². The summed E-state index contributed by atoms with van der Waals surface area (Å²) in [6, 6.07) is 10.5. The highest BCUT2D eigenvalue weighted by Crippen LogP contribution is 2.46. The molecule has 2 N–H and O–H groups in total.